The number of nitrogens with zero attached hydrogens (tertiary/aromatic N) is 3. The van der Waals surface area contributed by atoms with Gasteiger partial charge in [0.15, 0.2) is 0 Å². The summed E-state index contributed by atoms with van der Waals surface area (Å²) in [4.78, 5) is 23.5. The lowest BCUT2D eigenvalue weighted by Crippen LogP contribution is -2.36. The Labute approximate surface area is 187 Å². The van der Waals surface area contributed by atoms with Crippen LogP contribution in [0.5, 0.6) is 0 Å². The van der Waals surface area contributed by atoms with Crippen molar-refractivity contribution in [1.82, 2.24) is 9.88 Å². The van der Waals surface area contributed by atoms with Crippen molar-refractivity contribution in [2.75, 3.05) is 18.2 Å². The van der Waals surface area contributed by atoms with E-state index in [-0.39, 0.29) is 11.8 Å². The summed E-state index contributed by atoms with van der Waals surface area (Å²) >= 11 is 3.45. The van der Waals surface area contributed by atoms with Crippen LogP contribution < -0.4 is 4.90 Å². The second-order valence-electron chi connectivity index (χ2n) is 8.37. The largest absolute Gasteiger partial charge is 0.355 e. The van der Waals surface area contributed by atoms with E-state index in [0.717, 1.165) is 41.7 Å². The highest BCUT2D eigenvalue weighted by molar-refractivity contribution is 7.98. The molecule has 0 saturated heterocycles. The number of rotatable bonds is 8. The van der Waals surface area contributed by atoms with Gasteiger partial charge in [0.1, 0.15) is 5.82 Å². The molecule has 1 aromatic carbocycles. The third-order valence-corrected chi connectivity index (χ3v) is 7.01. The van der Waals surface area contributed by atoms with Gasteiger partial charge in [-0.05, 0) is 59.7 Å². The lowest BCUT2D eigenvalue weighted by molar-refractivity contribution is -0.135. The zero-order valence-electron chi connectivity index (χ0n) is 18.1. The summed E-state index contributed by atoms with van der Waals surface area (Å²) in [5.41, 5.74) is 3.41. The van der Waals surface area contributed by atoms with Gasteiger partial charge >= 0.3 is 0 Å². The van der Waals surface area contributed by atoms with Gasteiger partial charge in [-0.1, -0.05) is 19.9 Å². The molecule has 0 spiro atoms. The van der Waals surface area contributed by atoms with E-state index in [1.807, 2.05) is 13.8 Å². The van der Waals surface area contributed by atoms with Crippen LogP contribution in [0.1, 0.15) is 37.8 Å². The van der Waals surface area contributed by atoms with Crippen molar-refractivity contribution in [3.05, 3.63) is 52.2 Å². The molecule has 2 aromatic heterocycles. The predicted molar refractivity (Wildman–Crippen MR) is 128 cm³/mol. The topological polar surface area (TPSA) is 36.4 Å². The fraction of sp³-hybridized carbons (Fsp3) is 0.417. The molecule has 4 rings (SSSR count). The van der Waals surface area contributed by atoms with Gasteiger partial charge in [0, 0.05) is 47.9 Å². The van der Waals surface area contributed by atoms with Gasteiger partial charge < -0.3 is 9.80 Å². The molecule has 4 nitrogen and oxygen atoms in total. The first kappa shape index (κ1) is 21.2. The van der Waals surface area contributed by atoms with Crippen molar-refractivity contribution in [2.24, 2.45) is 5.92 Å². The number of anilines is 1. The SMILES string of the molecule is CSc1ccc2cc(CN(C(=O)C(C)C)C3CC3)c(N(C)Cc3ccsc3)nc2c1. The van der Waals surface area contributed by atoms with E-state index in [1.165, 1.54) is 10.5 Å². The summed E-state index contributed by atoms with van der Waals surface area (Å²) < 4.78 is 0. The van der Waals surface area contributed by atoms with Crippen molar-refractivity contribution < 1.29 is 4.79 Å². The molecule has 0 unspecified atom stereocenters. The van der Waals surface area contributed by atoms with Gasteiger partial charge in [-0.3, -0.25) is 4.79 Å². The molecule has 6 heteroatoms. The van der Waals surface area contributed by atoms with Crippen LogP contribution in [0.15, 0.2) is 46.0 Å². The zero-order valence-corrected chi connectivity index (χ0v) is 19.7. The fourth-order valence-corrected chi connectivity index (χ4v) is 4.87. The Bertz CT molecular complexity index is 1030. The second-order valence-corrected chi connectivity index (χ2v) is 10.0. The maximum absolute atomic E-state index is 12.9. The lowest BCUT2D eigenvalue weighted by Gasteiger charge is -2.28. The summed E-state index contributed by atoms with van der Waals surface area (Å²) in [6, 6.07) is 11.2. The van der Waals surface area contributed by atoms with Gasteiger partial charge in [-0.15, -0.1) is 11.8 Å². The maximum Gasteiger partial charge on any atom is 0.225 e. The summed E-state index contributed by atoms with van der Waals surface area (Å²) in [5, 5.41) is 5.42. The molecular weight excluding hydrogens is 410 g/mol. The fourth-order valence-electron chi connectivity index (χ4n) is 3.77. The lowest BCUT2D eigenvalue weighted by atomic mass is 10.1. The minimum absolute atomic E-state index is 0.00939. The summed E-state index contributed by atoms with van der Waals surface area (Å²) in [7, 11) is 2.10. The van der Waals surface area contributed by atoms with Crippen LogP contribution >= 0.6 is 23.1 Å². The van der Waals surface area contributed by atoms with Crippen molar-refractivity contribution in [2.45, 2.75) is 50.7 Å². The number of hydrogen-bond acceptors (Lipinski definition) is 5. The molecule has 0 atom stereocenters. The molecule has 0 radical (unpaired) electrons. The Morgan fingerprint density at radius 3 is 2.67 bits per heavy atom. The number of hydrogen-bond donors (Lipinski definition) is 0. The molecule has 1 aliphatic carbocycles. The number of amides is 1. The van der Waals surface area contributed by atoms with Crippen LogP contribution in [0.2, 0.25) is 0 Å². The number of carbonyl (C=O) groups is 1. The van der Waals surface area contributed by atoms with Crippen LogP contribution in [0.4, 0.5) is 5.82 Å². The van der Waals surface area contributed by atoms with Gasteiger partial charge in [-0.2, -0.15) is 11.3 Å². The number of thiophene rings is 1. The minimum atomic E-state index is 0.00939. The monoisotopic (exact) mass is 439 g/mol. The van der Waals surface area contributed by atoms with E-state index in [0.29, 0.717) is 12.6 Å². The number of pyridine rings is 1. The molecule has 3 aromatic rings. The molecule has 0 aliphatic heterocycles. The second kappa shape index (κ2) is 8.98. The number of aromatic nitrogens is 1. The van der Waals surface area contributed by atoms with Crippen LogP contribution in [0, 0.1) is 5.92 Å². The first-order chi connectivity index (χ1) is 14.5. The Hall–Kier alpha value is -2.05. The van der Waals surface area contributed by atoms with Crippen molar-refractivity contribution >= 4 is 45.7 Å². The number of thioether (sulfide) groups is 1. The molecule has 2 heterocycles. The number of fused-ring (bicyclic) bond motifs is 1. The molecule has 1 saturated carbocycles. The Morgan fingerprint density at radius 1 is 1.23 bits per heavy atom. The van der Waals surface area contributed by atoms with Gasteiger partial charge in [0.25, 0.3) is 0 Å². The number of benzene rings is 1. The van der Waals surface area contributed by atoms with Gasteiger partial charge in [0.2, 0.25) is 5.91 Å². The standard InChI is InChI=1S/C24H29N3OS2/c1-16(2)24(28)27(20-6-7-20)14-19-11-18-5-8-21(29-4)12-22(18)25-23(19)26(3)13-17-9-10-30-15-17/h5,8-12,15-16,20H,6-7,13-14H2,1-4H3. The van der Waals surface area contributed by atoms with E-state index in [2.05, 4.69) is 64.2 Å². The number of carbonyl (C=O) groups excluding carboxylic acids is 1. The molecule has 1 aliphatic rings. The van der Waals surface area contributed by atoms with Crippen molar-refractivity contribution in [3.8, 4) is 0 Å². The van der Waals surface area contributed by atoms with Crippen molar-refractivity contribution in [3.63, 3.8) is 0 Å². The summed E-state index contributed by atoms with van der Waals surface area (Å²) in [6.07, 6.45) is 4.30. The van der Waals surface area contributed by atoms with E-state index in [9.17, 15) is 4.79 Å². The normalized spacial score (nSPS) is 13.8. The summed E-state index contributed by atoms with van der Waals surface area (Å²) in [6.45, 7) is 5.41. The van der Waals surface area contributed by atoms with Crippen LogP contribution in [0.3, 0.4) is 0 Å². The highest BCUT2D eigenvalue weighted by atomic mass is 32.2. The zero-order chi connectivity index (χ0) is 21.3. The third kappa shape index (κ3) is 4.65. The minimum Gasteiger partial charge on any atom is -0.355 e. The highest BCUT2D eigenvalue weighted by Crippen LogP contribution is 2.33. The van der Waals surface area contributed by atoms with Crippen LogP contribution in [-0.2, 0) is 17.9 Å². The van der Waals surface area contributed by atoms with Gasteiger partial charge in [0.05, 0.1) is 5.52 Å². The predicted octanol–water partition coefficient (Wildman–Crippen LogP) is 5.80. The van der Waals surface area contributed by atoms with E-state index < -0.39 is 0 Å². The molecule has 0 N–H and O–H groups in total. The van der Waals surface area contributed by atoms with E-state index in [4.69, 9.17) is 4.98 Å². The molecule has 158 valence electrons. The Balaban J connectivity index is 1.74. The molecular formula is C24H29N3OS2. The molecule has 1 amide bonds. The third-order valence-electron chi connectivity index (χ3n) is 5.55. The Morgan fingerprint density at radius 2 is 2.03 bits per heavy atom. The van der Waals surface area contributed by atoms with Crippen LogP contribution in [0.25, 0.3) is 10.9 Å². The summed E-state index contributed by atoms with van der Waals surface area (Å²) in [5.74, 6) is 1.21. The first-order valence-electron chi connectivity index (χ1n) is 10.5. The Kier molecular flexibility index (Phi) is 6.34. The smallest absolute Gasteiger partial charge is 0.225 e. The quantitative estimate of drug-likeness (QED) is 0.416. The molecule has 30 heavy (non-hydrogen) atoms. The van der Waals surface area contributed by atoms with Gasteiger partial charge in [-0.25, -0.2) is 4.98 Å². The highest BCUT2D eigenvalue weighted by Gasteiger charge is 2.34. The van der Waals surface area contributed by atoms with Crippen LogP contribution in [-0.4, -0.2) is 35.1 Å². The molecule has 1 fully saturated rings. The first-order valence-corrected chi connectivity index (χ1v) is 12.6. The average Bonchev–Trinajstić information content (AvgIpc) is 3.46. The maximum atomic E-state index is 12.9. The average molecular weight is 440 g/mol. The van der Waals surface area contributed by atoms with E-state index >= 15 is 0 Å². The van der Waals surface area contributed by atoms with Crippen molar-refractivity contribution in [1.29, 1.82) is 0 Å². The van der Waals surface area contributed by atoms with E-state index in [1.54, 1.807) is 23.1 Å². The molecule has 0 bridgehead atoms.